The van der Waals surface area contributed by atoms with Crippen LogP contribution in [0.15, 0.2) is 12.1 Å². The van der Waals surface area contributed by atoms with Gasteiger partial charge in [-0.05, 0) is 44.1 Å². The molecule has 0 spiro atoms. The minimum atomic E-state index is -1.91. The number of benzene rings is 1. The Balaban J connectivity index is 2.40. The Labute approximate surface area is 123 Å². The van der Waals surface area contributed by atoms with Crippen LogP contribution in [0, 0.1) is 0 Å². The molecule has 112 valence electrons. The van der Waals surface area contributed by atoms with Crippen LogP contribution in [0.25, 0.3) is 0 Å². The molecule has 3 nitrogen and oxygen atoms in total. The Morgan fingerprint density at radius 2 is 1.85 bits per heavy atom. The van der Waals surface area contributed by atoms with Crippen LogP contribution in [0.4, 0.5) is 0 Å². The molecular formula is C16H26O3Si. The minimum Gasteiger partial charge on any atom is -0.541 e. The van der Waals surface area contributed by atoms with Crippen LogP contribution in [0.5, 0.6) is 17.2 Å². The topological polar surface area (TPSA) is 38.7 Å². The van der Waals surface area contributed by atoms with Crippen molar-refractivity contribution in [2.45, 2.75) is 64.8 Å². The smallest absolute Gasteiger partial charge is 0.250 e. The van der Waals surface area contributed by atoms with Crippen LogP contribution >= 0.6 is 0 Å². The molecule has 0 saturated carbocycles. The van der Waals surface area contributed by atoms with Crippen molar-refractivity contribution in [3.63, 3.8) is 0 Å². The first-order chi connectivity index (χ1) is 8.93. The second kappa shape index (κ2) is 4.42. The molecular weight excluding hydrogens is 268 g/mol. The van der Waals surface area contributed by atoms with Gasteiger partial charge in [0.1, 0.15) is 17.1 Å². The lowest BCUT2D eigenvalue weighted by molar-refractivity contribution is 0.135. The van der Waals surface area contributed by atoms with Crippen LogP contribution in [0.3, 0.4) is 0 Å². The van der Waals surface area contributed by atoms with E-state index in [2.05, 4.69) is 33.9 Å². The van der Waals surface area contributed by atoms with Gasteiger partial charge < -0.3 is 14.3 Å². The molecule has 0 aliphatic carbocycles. The molecule has 1 heterocycles. The van der Waals surface area contributed by atoms with Crippen LogP contribution in [0.2, 0.25) is 18.1 Å². The van der Waals surface area contributed by atoms with Crippen molar-refractivity contribution < 1.29 is 14.3 Å². The highest BCUT2D eigenvalue weighted by Crippen LogP contribution is 2.48. The van der Waals surface area contributed by atoms with E-state index in [-0.39, 0.29) is 10.6 Å². The summed E-state index contributed by atoms with van der Waals surface area (Å²) < 4.78 is 12.4. The number of ether oxygens (including phenoxy) is 1. The highest BCUT2D eigenvalue weighted by molar-refractivity contribution is 6.74. The fraction of sp³-hybridized carbons (Fsp3) is 0.625. The van der Waals surface area contributed by atoms with Crippen molar-refractivity contribution in [3.8, 4) is 17.2 Å². The molecule has 0 amide bonds. The number of hydrogen-bond acceptors (Lipinski definition) is 3. The minimum absolute atomic E-state index is 0.131. The number of fused-ring (bicyclic) bond motifs is 1. The van der Waals surface area contributed by atoms with Crippen molar-refractivity contribution in [2.75, 3.05) is 0 Å². The molecule has 0 aromatic heterocycles. The third kappa shape index (κ3) is 2.66. The molecule has 0 atom stereocenters. The van der Waals surface area contributed by atoms with Crippen LogP contribution in [-0.4, -0.2) is 19.0 Å². The van der Waals surface area contributed by atoms with Crippen molar-refractivity contribution >= 4 is 8.32 Å². The molecule has 0 fully saturated rings. The standard InChI is InChI=1S/C16H26O3Si/c1-15(2,3)20(6,7)19-13-9-8-12(17)11-10-16(4,5)18-14(11)13/h8-9,17H,10H2,1-7H3. The molecule has 2 rings (SSSR count). The van der Waals surface area contributed by atoms with Crippen LogP contribution < -0.4 is 9.16 Å². The number of phenolic OH excluding ortho intramolecular Hbond substituents is 1. The fourth-order valence-corrected chi connectivity index (χ4v) is 3.14. The first kappa shape index (κ1) is 15.2. The Kier molecular flexibility index (Phi) is 3.36. The van der Waals surface area contributed by atoms with Gasteiger partial charge in [0.25, 0.3) is 8.32 Å². The monoisotopic (exact) mass is 294 g/mol. The van der Waals surface area contributed by atoms with E-state index in [1.165, 1.54) is 0 Å². The predicted octanol–water partition coefficient (Wildman–Crippen LogP) is 4.49. The average Bonchev–Trinajstić information content (AvgIpc) is 2.57. The van der Waals surface area contributed by atoms with Gasteiger partial charge in [0.15, 0.2) is 5.75 Å². The van der Waals surface area contributed by atoms with Gasteiger partial charge in [0.2, 0.25) is 0 Å². The summed E-state index contributed by atoms with van der Waals surface area (Å²) in [6, 6.07) is 3.54. The van der Waals surface area contributed by atoms with Crippen LogP contribution in [0.1, 0.15) is 40.2 Å². The molecule has 0 unspecified atom stereocenters. The maximum atomic E-state index is 10.0. The molecule has 0 bridgehead atoms. The maximum absolute atomic E-state index is 10.0. The third-order valence-corrected chi connectivity index (χ3v) is 8.69. The SMILES string of the molecule is CC1(C)Cc2c(O)ccc(O[Si](C)(C)C(C)(C)C)c2O1. The van der Waals surface area contributed by atoms with Crippen LogP contribution in [-0.2, 0) is 6.42 Å². The van der Waals surface area contributed by atoms with Gasteiger partial charge in [0, 0.05) is 12.0 Å². The summed E-state index contributed by atoms with van der Waals surface area (Å²) >= 11 is 0. The summed E-state index contributed by atoms with van der Waals surface area (Å²) in [6.07, 6.45) is 0.711. The van der Waals surface area contributed by atoms with E-state index in [9.17, 15) is 5.11 Å². The van der Waals surface area contributed by atoms with E-state index in [0.717, 1.165) is 17.1 Å². The molecule has 20 heavy (non-hydrogen) atoms. The zero-order valence-corrected chi connectivity index (χ0v) is 14.6. The van der Waals surface area contributed by atoms with Gasteiger partial charge in [-0.3, -0.25) is 0 Å². The number of aromatic hydroxyl groups is 1. The van der Waals surface area contributed by atoms with E-state index in [1.807, 2.05) is 19.9 Å². The number of rotatable bonds is 2. The largest absolute Gasteiger partial charge is 0.541 e. The van der Waals surface area contributed by atoms with Gasteiger partial charge in [-0.1, -0.05) is 20.8 Å². The van der Waals surface area contributed by atoms with Gasteiger partial charge in [0.05, 0.1) is 0 Å². The molecule has 1 aromatic rings. The summed E-state index contributed by atoms with van der Waals surface area (Å²) in [6.45, 7) is 15.1. The van der Waals surface area contributed by atoms with E-state index >= 15 is 0 Å². The molecule has 1 aliphatic heterocycles. The van der Waals surface area contributed by atoms with Gasteiger partial charge >= 0.3 is 0 Å². The fourth-order valence-electron chi connectivity index (χ4n) is 2.13. The highest BCUT2D eigenvalue weighted by atomic mass is 28.4. The lowest BCUT2D eigenvalue weighted by Gasteiger charge is -2.36. The second-order valence-electron chi connectivity index (χ2n) is 7.79. The summed E-state index contributed by atoms with van der Waals surface area (Å²) in [7, 11) is -1.91. The lowest BCUT2D eigenvalue weighted by Crippen LogP contribution is -2.44. The quantitative estimate of drug-likeness (QED) is 0.817. The normalized spacial score (nSPS) is 17.6. The summed E-state index contributed by atoms with van der Waals surface area (Å²) in [5, 5.41) is 10.2. The average molecular weight is 294 g/mol. The first-order valence-corrected chi connectivity index (χ1v) is 10.1. The molecule has 4 heteroatoms. The molecule has 0 saturated heterocycles. The molecule has 1 aromatic carbocycles. The second-order valence-corrected chi connectivity index (χ2v) is 12.5. The zero-order valence-electron chi connectivity index (χ0n) is 13.6. The van der Waals surface area contributed by atoms with Crippen molar-refractivity contribution in [1.82, 2.24) is 0 Å². The Morgan fingerprint density at radius 3 is 2.40 bits per heavy atom. The number of phenols is 1. The summed E-state index contributed by atoms with van der Waals surface area (Å²) in [5.41, 5.74) is 0.582. The van der Waals surface area contributed by atoms with Crippen molar-refractivity contribution in [1.29, 1.82) is 0 Å². The van der Waals surface area contributed by atoms with Crippen molar-refractivity contribution in [2.24, 2.45) is 0 Å². The zero-order chi connectivity index (χ0) is 15.3. The van der Waals surface area contributed by atoms with Gasteiger partial charge in [-0.25, -0.2) is 0 Å². The predicted molar refractivity (Wildman–Crippen MR) is 84.3 cm³/mol. The first-order valence-electron chi connectivity index (χ1n) is 7.16. The van der Waals surface area contributed by atoms with Gasteiger partial charge in [-0.2, -0.15) is 0 Å². The summed E-state index contributed by atoms with van der Waals surface area (Å²) in [5.74, 6) is 1.79. The molecule has 1 N–H and O–H groups in total. The Hall–Kier alpha value is -1.16. The third-order valence-electron chi connectivity index (χ3n) is 4.35. The number of hydrogen-bond donors (Lipinski definition) is 1. The maximum Gasteiger partial charge on any atom is 0.250 e. The van der Waals surface area contributed by atoms with E-state index in [1.54, 1.807) is 6.07 Å². The van der Waals surface area contributed by atoms with E-state index in [0.29, 0.717) is 12.2 Å². The van der Waals surface area contributed by atoms with Gasteiger partial charge in [-0.15, -0.1) is 0 Å². The van der Waals surface area contributed by atoms with Crippen molar-refractivity contribution in [3.05, 3.63) is 17.7 Å². The summed E-state index contributed by atoms with van der Waals surface area (Å²) in [4.78, 5) is 0. The lowest BCUT2D eigenvalue weighted by atomic mass is 10.0. The Morgan fingerprint density at radius 1 is 1.25 bits per heavy atom. The highest BCUT2D eigenvalue weighted by Gasteiger charge is 2.41. The Bertz CT molecular complexity index is 527. The molecule has 0 radical (unpaired) electrons. The molecule has 1 aliphatic rings. The van der Waals surface area contributed by atoms with E-state index in [4.69, 9.17) is 9.16 Å². The van der Waals surface area contributed by atoms with E-state index < -0.39 is 8.32 Å².